The normalized spacial score (nSPS) is 13.7. The summed E-state index contributed by atoms with van der Waals surface area (Å²) in [5.41, 5.74) is 1.06. The molecule has 1 heterocycles. The van der Waals surface area contributed by atoms with Crippen LogP contribution in [0.25, 0.3) is 0 Å². The molecule has 2 N–H and O–H groups in total. The fourth-order valence-electron chi connectivity index (χ4n) is 2.83. The van der Waals surface area contributed by atoms with E-state index < -0.39 is 0 Å². The summed E-state index contributed by atoms with van der Waals surface area (Å²) >= 11 is 0. The van der Waals surface area contributed by atoms with Crippen LogP contribution in [-0.4, -0.2) is 44.4 Å². The number of pyridine rings is 1. The van der Waals surface area contributed by atoms with Crippen molar-refractivity contribution in [2.45, 2.75) is 32.7 Å². The van der Waals surface area contributed by atoms with Crippen LogP contribution in [0.15, 0.2) is 47.6 Å². The number of nitrogens with one attached hydrogen (secondary N) is 2. The minimum Gasteiger partial charge on any atom is -0.494 e. The Bertz CT molecular complexity index is 791. The topological polar surface area (TPSA) is 77.0 Å². The molecule has 162 valence electrons. The second kappa shape index (κ2) is 12.0. The zero-order valence-electron chi connectivity index (χ0n) is 17.9. The molecule has 0 radical (unpaired) electrons. The summed E-state index contributed by atoms with van der Waals surface area (Å²) in [7, 11) is 1.77. The molecular weight excluding hydrogens is 380 g/mol. The van der Waals surface area contributed by atoms with Gasteiger partial charge in [0.25, 0.3) is 0 Å². The largest absolute Gasteiger partial charge is 0.494 e. The van der Waals surface area contributed by atoms with E-state index in [-0.39, 0.29) is 0 Å². The molecule has 0 unspecified atom stereocenters. The standard InChI is InChI=1S/C23H32N4O3/c1-3-29-20-7-9-21(10-8-20)30-22-15-19(11-13-25-22)16-27-23(24-2)26-12-4-14-28-17-18-5-6-18/h7-11,13,15,18H,3-6,12,14,16-17H2,1-2H3,(H2,24,26,27). The number of guanidine groups is 1. The van der Waals surface area contributed by atoms with Gasteiger partial charge in [-0.15, -0.1) is 0 Å². The van der Waals surface area contributed by atoms with Crippen molar-refractivity contribution in [3.05, 3.63) is 48.2 Å². The molecule has 2 aromatic rings. The molecule has 0 saturated heterocycles. The number of ether oxygens (including phenoxy) is 3. The lowest BCUT2D eigenvalue weighted by molar-refractivity contribution is 0.123. The van der Waals surface area contributed by atoms with Crippen molar-refractivity contribution in [1.82, 2.24) is 15.6 Å². The van der Waals surface area contributed by atoms with E-state index in [1.165, 1.54) is 12.8 Å². The van der Waals surface area contributed by atoms with Gasteiger partial charge in [0.2, 0.25) is 5.88 Å². The lowest BCUT2D eigenvalue weighted by atomic mass is 10.2. The van der Waals surface area contributed by atoms with Gasteiger partial charge in [0, 0.05) is 45.6 Å². The molecule has 1 fully saturated rings. The second-order valence-electron chi connectivity index (χ2n) is 7.23. The fourth-order valence-corrected chi connectivity index (χ4v) is 2.83. The maximum absolute atomic E-state index is 5.85. The molecule has 7 nitrogen and oxygen atoms in total. The predicted octanol–water partition coefficient (Wildman–Crippen LogP) is 3.75. The van der Waals surface area contributed by atoms with Crippen molar-refractivity contribution in [2.24, 2.45) is 10.9 Å². The molecule has 7 heteroatoms. The molecule has 0 bridgehead atoms. The third kappa shape index (κ3) is 7.91. The van der Waals surface area contributed by atoms with E-state index in [9.17, 15) is 0 Å². The minimum absolute atomic E-state index is 0.550. The van der Waals surface area contributed by atoms with Gasteiger partial charge in [0.15, 0.2) is 5.96 Å². The Labute approximate surface area is 178 Å². The summed E-state index contributed by atoms with van der Waals surface area (Å²) in [4.78, 5) is 8.56. The second-order valence-corrected chi connectivity index (χ2v) is 7.23. The van der Waals surface area contributed by atoms with Crippen molar-refractivity contribution >= 4 is 5.96 Å². The molecule has 1 aromatic carbocycles. The quantitative estimate of drug-likeness (QED) is 0.314. The number of hydrogen-bond donors (Lipinski definition) is 2. The monoisotopic (exact) mass is 412 g/mol. The predicted molar refractivity (Wildman–Crippen MR) is 118 cm³/mol. The van der Waals surface area contributed by atoms with Crippen molar-refractivity contribution < 1.29 is 14.2 Å². The van der Waals surface area contributed by atoms with Gasteiger partial charge >= 0.3 is 0 Å². The maximum atomic E-state index is 5.85. The first-order chi connectivity index (χ1) is 14.8. The highest BCUT2D eigenvalue weighted by atomic mass is 16.5. The van der Waals surface area contributed by atoms with Crippen molar-refractivity contribution in [3.8, 4) is 17.4 Å². The summed E-state index contributed by atoms with van der Waals surface area (Å²) < 4.78 is 17.0. The van der Waals surface area contributed by atoms with Gasteiger partial charge in [-0.25, -0.2) is 4.98 Å². The van der Waals surface area contributed by atoms with Crippen LogP contribution < -0.4 is 20.1 Å². The number of aliphatic imine (C=N–C) groups is 1. The molecule has 1 aliphatic rings. The third-order valence-electron chi connectivity index (χ3n) is 4.65. The fraction of sp³-hybridized carbons (Fsp3) is 0.478. The highest BCUT2D eigenvalue weighted by Crippen LogP contribution is 2.28. The van der Waals surface area contributed by atoms with Gasteiger partial charge in [0.05, 0.1) is 6.61 Å². The van der Waals surface area contributed by atoms with Gasteiger partial charge < -0.3 is 24.8 Å². The Morgan fingerprint density at radius 3 is 2.67 bits per heavy atom. The number of aromatic nitrogens is 1. The zero-order valence-corrected chi connectivity index (χ0v) is 17.9. The summed E-state index contributed by atoms with van der Waals surface area (Å²) in [6.45, 7) is 5.76. The van der Waals surface area contributed by atoms with E-state index in [1.807, 2.05) is 43.3 Å². The Kier molecular flexibility index (Phi) is 8.78. The third-order valence-corrected chi connectivity index (χ3v) is 4.65. The molecule has 0 spiro atoms. The van der Waals surface area contributed by atoms with E-state index >= 15 is 0 Å². The van der Waals surface area contributed by atoms with Crippen LogP contribution in [0.1, 0.15) is 31.7 Å². The van der Waals surface area contributed by atoms with Crippen LogP contribution >= 0.6 is 0 Å². The molecular formula is C23H32N4O3. The molecule has 0 atom stereocenters. The Morgan fingerprint density at radius 1 is 1.13 bits per heavy atom. The van der Waals surface area contributed by atoms with E-state index in [0.717, 1.165) is 55.1 Å². The molecule has 0 amide bonds. The Hall–Kier alpha value is -2.80. The van der Waals surface area contributed by atoms with Crippen LogP contribution in [0, 0.1) is 5.92 Å². The van der Waals surface area contributed by atoms with Crippen LogP contribution in [0.3, 0.4) is 0 Å². The molecule has 1 aromatic heterocycles. The Balaban J connectivity index is 1.39. The lowest BCUT2D eigenvalue weighted by Gasteiger charge is -2.12. The van der Waals surface area contributed by atoms with Gasteiger partial charge in [-0.3, -0.25) is 4.99 Å². The van der Waals surface area contributed by atoms with E-state index in [0.29, 0.717) is 19.0 Å². The molecule has 1 saturated carbocycles. The highest BCUT2D eigenvalue weighted by Gasteiger charge is 2.20. The van der Waals surface area contributed by atoms with Gasteiger partial charge in [-0.1, -0.05) is 0 Å². The van der Waals surface area contributed by atoms with Crippen molar-refractivity contribution in [1.29, 1.82) is 0 Å². The van der Waals surface area contributed by atoms with Gasteiger partial charge in [0.1, 0.15) is 11.5 Å². The summed E-state index contributed by atoms with van der Waals surface area (Å²) in [6, 6.07) is 11.4. The van der Waals surface area contributed by atoms with Crippen LogP contribution in [0.4, 0.5) is 0 Å². The lowest BCUT2D eigenvalue weighted by Crippen LogP contribution is -2.37. The summed E-state index contributed by atoms with van der Waals surface area (Å²) in [5, 5.41) is 6.63. The first-order valence-corrected chi connectivity index (χ1v) is 10.6. The average Bonchev–Trinajstić information content (AvgIpc) is 3.59. The van der Waals surface area contributed by atoms with Gasteiger partial charge in [-0.05, 0) is 68.0 Å². The van der Waals surface area contributed by atoms with Crippen molar-refractivity contribution in [3.63, 3.8) is 0 Å². The highest BCUT2D eigenvalue weighted by molar-refractivity contribution is 5.79. The first-order valence-electron chi connectivity index (χ1n) is 10.6. The Morgan fingerprint density at radius 2 is 1.93 bits per heavy atom. The molecule has 0 aliphatic heterocycles. The first kappa shape index (κ1) is 21.9. The van der Waals surface area contributed by atoms with Gasteiger partial charge in [-0.2, -0.15) is 0 Å². The SMILES string of the molecule is CCOc1ccc(Oc2cc(CNC(=NC)NCCCOCC3CC3)ccn2)cc1. The van der Waals surface area contributed by atoms with Crippen molar-refractivity contribution in [2.75, 3.05) is 33.4 Å². The molecule has 1 aliphatic carbocycles. The van der Waals surface area contributed by atoms with E-state index in [2.05, 4.69) is 20.6 Å². The van der Waals surface area contributed by atoms with Crippen LogP contribution in [0.2, 0.25) is 0 Å². The average molecular weight is 413 g/mol. The number of benzene rings is 1. The number of rotatable bonds is 12. The number of hydrogen-bond acceptors (Lipinski definition) is 5. The van der Waals surface area contributed by atoms with E-state index in [4.69, 9.17) is 14.2 Å². The van der Waals surface area contributed by atoms with Crippen LogP contribution in [0.5, 0.6) is 17.4 Å². The summed E-state index contributed by atoms with van der Waals surface area (Å²) in [5.74, 6) is 3.68. The number of nitrogens with zero attached hydrogens (tertiary/aromatic N) is 2. The van der Waals surface area contributed by atoms with E-state index in [1.54, 1.807) is 13.2 Å². The molecule has 3 rings (SSSR count). The van der Waals surface area contributed by atoms with Crippen LogP contribution in [-0.2, 0) is 11.3 Å². The smallest absolute Gasteiger partial charge is 0.219 e. The maximum Gasteiger partial charge on any atom is 0.219 e. The minimum atomic E-state index is 0.550. The zero-order chi connectivity index (χ0) is 21.0. The molecule has 30 heavy (non-hydrogen) atoms. The summed E-state index contributed by atoms with van der Waals surface area (Å²) in [6.07, 6.45) is 5.37.